The van der Waals surface area contributed by atoms with Crippen molar-refractivity contribution in [2.24, 2.45) is 0 Å². The SMILES string of the molecule is COc1ccc(/C=C/c2cc(OC)c(OC)c(OC)c2)c(NC(=O)/C=C/c2ccc(OC)c(O)c2)c1. The Morgan fingerprint density at radius 3 is 2.00 bits per heavy atom. The number of aromatic hydroxyl groups is 1. The van der Waals surface area contributed by atoms with Gasteiger partial charge in [-0.2, -0.15) is 0 Å². The van der Waals surface area contributed by atoms with Crippen molar-refractivity contribution in [3.05, 3.63) is 71.3 Å². The molecule has 0 aliphatic carbocycles. The van der Waals surface area contributed by atoms with Crippen LogP contribution in [0.2, 0.25) is 0 Å². The van der Waals surface area contributed by atoms with Crippen LogP contribution in [0.25, 0.3) is 18.2 Å². The van der Waals surface area contributed by atoms with Crippen molar-refractivity contribution >= 4 is 29.8 Å². The summed E-state index contributed by atoms with van der Waals surface area (Å²) in [5.74, 6) is 2.18. The number of hydrogen-bond donors (Lipinski definition) is 2. The van der Waals surface area contributed by atoms with Gasteiger partial charge in [-0.25, -0.2) is 0 Å². The van der Waals surface area contributed by atoms with E-state index in [1.165, 1.54) is 19.3 Å². The predicted molar refractivity (Wildman–Crippen MR) is 140 cm³/mol. The van der Waals surface area contributed by atoms with Gasteiger partial charge in [-0.3, -0.25) is 4.79 Å². The first-order valence-corrected chi connectivity index (χ1v) is 10.9. The first kappa shape index (κ1) is 26.0. The van der Waals surface area contributed by atoms with E-state index in [4.69, 9.17) is 23.7 Å². The fourth-order valence-electron chi connectivity index (χ4n) is 3.46. The molecule has 0 atom stereocenters. The van der Waals surface area contributed by atoms with Gasteiger partial charge in [0.25, 0.3) is 0 Å². The summed E-state index contributed by atoms with van der Waals surface area (Å²) in [6.45, 7) is 0. The third-order valence-electron chi connectivity index (χ3n) is 5.29. The van der Waals surface area contributed by atoms with E-state index < -0.39 is 0 Å². The number of nitrogens with one attached hydrogen (secondary N) is 1. The lowest BCUT2D eigenvalue weighted by Gasteiger charge is -2.13. The molecule has 188 valence electrons. The van der Waals surface area contributed by atoms with E-state index in [9.17, 15) is 9.90 Å². The van der Waals surface area contributed by atoms with Crippen molar-refractivity contribution in [3.63, 3.8) is 0 Å². The zero-order valence-electron chi connectivity index (χ0n) is 20.8. The van der Waals surface area contributed by atoms with Crippen molar-refractivity contribution in [2.75, 3.05) is 40.9 Å². The van der Waals surface area contributed by atoms with E-state index in [0.29, 0.717) is 40.0 Å². The van der Waals surface area contributed by atoms with Crippen molar-refractivity contribution in [1.29, 1.82) is 0 Å². The van der Waals surface area contributed by atoms with Crippen LogP contribution in [0.4, 0.5) is 5.69 Å². The minimum Gasteiger partial charge on any atom is -0.504 e. The van der Waals surface area contributed by atoms with E-state index in [1.54, 1.807) is 58.8 Å². The van der Waals surface area contributed by atoms with Gasteiger partial charge in [0.1, 0.15) is 5.75 Å². The molecule has 8 nitrogen and oxygen atoms in total. The summed E-state index contributed by atoms with van der Waals surface area (Å²) in [4.78, 5) is 12.7. The van der Waals surface area contributed by atoms with Crippen LogP contribution in [-0.2, 0) is 4.79 Å². The molecule has 0 saturated heterocycles. The minimum atomic E-state index is -0.346. The fraction of sp³-hybridized carbons (Fsp3) is 0.179. The molecular weight excluding hydrogens is 462 g/mol. The maximum atomic E-state index is 12.7. The number of amides is 1. The third kappa shape index (κ3) is 6.29. The number of methoxy groups -OCH3 is 5. The van der Waals surface area contributed by atoms with E-state index in [0.717, 1.165) is 11.1 Å². The molecule has 3 aromatic rings. The number of hydrogen-bond acceptors (Lipinski definition) is 7. The molecule has 0 fully saturated rings. The number of ether oxygens (including phenoxy) is 5. The van der Waals surface area contributed by atoms with Gasteiger partial charge in [0.2, 0.25) is 11.7 Å². The van der Waals surface area contributed by atoms with Crippen LogP contribution < -0.4 is 29.0 Å². The zero-order chi connectivity index (χ0) is 26.1. The Kier molecular flexibility index (Phi) is 8.83. The summed E-state index contributed by atoms with van der Waals surface area (Å²) in [6.07, 6.45) is 6.71. The summed E-state index contributed by atoms with van der Waals surface area (Å²) in [7, 11) is 7.70. The van der Waals surface area contributed by atoms with Crippen LogP contribution in [0.3, 0.4) is 0 Å². The van der Waals surface area contributed by atoms with E-state index in [-0.39, 0.29) is 11.7 Å². The van der Waals surface area contributed by atoms with Gasteiger partial charge in [0, 0.05) is 12.1 Å². The van der Waals surface area contributed by atoms with Crippen molar-refractivity contribution in [3.8, 4) is 34.5 Å². The Balaban J connectivity index is 1.85. The number of carbonyl (C=O) groups is 1. The van der Waals surface area contributed by atoms with Crippen LogP contribution in [-0.4, -0.2) is 46.6 Å². The second kappa shape index (κ2) is 12.2. The highest BCUT2D eigenvalue weighted by atomic mass is 16.5. The highest BCUT2D eigenvalue weighted by Gasteiger charge is 2.12. The van der Waals surface area contributed by atoms with Crippen LogP contribution in [0.5, 0.6) is 34.5 Å². The number of anilines is 1. The average Bonchev–Trinajstić information content (AvgIpc) is 2.90. The molecule has 0 bridgehead atoms. The van der Waals surface area contributed by atoms with Crippen LogP contribution >= 0.6 is 0 Å². The molecule has 0 aliphatic heterocycles. The van der Waals surface area contributed by atoms with Gasteiger partial charge >= 0.3 is 0 Å². The first-order chi connectivity index (χ1) is 17.4. The van der Waals surface area contributed by atoms with Gasteiger partial charge in [0.15, 0.2) is 23.0 Å². The Labute approximate surface area is 210 Å². The average molecular weight is 492 g/mol. The molecule has 0 aliphatic rings. The van der Waals surface area contributed by atoms with Crippen molar-refractivity contribution in [2.45, 2.75) is 0 Å². The summed E-state index contributed by atoms with van der Waals surface area (Å²) in [6, 6.07) is 13.9. The molecule has 36 heavy (non-hydrogen) atoms. The summed E-state index contributed by atoms with van der Waals surface area (Å²) in [5.41, 5.74) is 2.78. The third-order valence-corrected chi connectivity index (χ3v) is 5.29. The normalized spacial score (nSPS) is 10.9. The van der Waals surface area contributed by atoms with E-state index in [2.05, 4.69) is 5.32 Å². The van der Waals surface area contributed by atoms with E-state index in [1.807, 2.05) is 30.4 Å². The molecule has 2 N–H and O–H groups in total. The number of benzene rings is 3. The Hall–Kier alpha value is -4.59. The Morgan fingerprint density at radius 2 is 1.42 bits per heavy atom. The van der Waals surface area contributed by atoms with Crippen molar-refractivity contribution < 1.29 is 33.6 Å². The molecule has 8 heteroatoms. The Morgan fingerprint density at radius 1 is 0.722 bits per heavy atom. The summed E-state index contributed by atoms with van der Waals surface area (Å²) < 4.78 is 26.6. The number of rotatable bonds is 10. The monoisotopic (exact) mass is 491 g/mol. The standard InChI is InChI=1S/C28H29NO7/c1-32-21-11-10-20(9-6-19-15-25(34-3)28(36-5)26(16-19)35-4)22(17-21)29-27(31)13-8-18-7-12-24(33-2)23(30)14-18/h6-17,30H,1-5H3,(H,29,31)/b9-6+,13-8+. The maximum absolute atomic E-state index is 12.7. The smallest absolute Gasteiger partial charge is 0.248 e. The lowest BCUT2D eigenvalue weighted by Crippen LogP contribution is -2.09. The largest absolute Gasteiger partial charge is 0.504 e. The molecule has 0 radical (unpaired) electrons. The Bertz CT molecular complexity index is 1260. The minimum absolute atomic E-state index is 0.00734. The van der Waals surface area contributed by atoms with Crippen LogP contribution in [0.1, 0.15) is 16.7 Å². The molecule has 0 saturated carbocycles. The number of carbonyl (C=O) groups excluding carboxylic acids is 1. The van der Waals surface area contributed by atoms with Crippen LogP contribution in [0, 0.1) is 0 Å². The fourth-order valence-corrected chi connectivity index (χ4v) is 3.46. The van der Waals surface area contributed by atoms with Gasteiger partial charge < -0.3 is 34.1 Å². The van der Waals surface area contributed by atoms with Crippen LogP contribution in [0.15, 0.2) is 54.6 Å². The quantitative estimate of drug-likeness (QED) is 0.295. The molecule has 0 heterocycles. The molecule has 0 unspecified atom stereocenters. The molecule has 3 aromatic carbocycles. The topological polar surface area (TPSA) is 95.5 Å². The van der Waals surface area contributed by atoms with Gasteiger partial charge in [0.05, 0.1) is 41.2 Å². The lowest BCUT2D eigenvalue weighted by molar-refractivity contribution is -0.111. The number of phenolic OH excluding ortho intramolecular Hbond substituents is 1. The number of phenols is 1. The maximum Gasteiger partial charge on any atom is 0.248 e. The summed E-state index contributed by atoms with van der Waals surface area (Å²) in [5, 5.41) is 12.8. The van der Waals surface area contributed by atoms with Gasteiger partial charge in [-0.15, -0.1) is 0 Å². The van der Waals surface area contributed by atoms with E-state index >= 15 is 0 Å². The molecule has 3 rings (SSSR count). The second-order valence-corrected chi connectivity index (χ2v) is 7.50. The van der Waals surface area contributed by atoms with Gasteiger partial charge in [-0.05, 0) is 59.2 Å². The zero-order valence-corrected chi connectivity index (χ0v) is 20.8. The molecular formula is C28H29NO7. The molecule has 0 spiro atoms. The summed E-state index contributed by atoms with van der Waals surface area (Å²) >= 11 is 0. The molecule has 1 amide bonds. The van der Waals surface area contributed by atoms with Gasteiger partial charge in [-0.1, -0.05) is 18.2 Å². The lowest BCUT2D eigenvalue weighted by atomic mass is 10.1. The molecule has 0 aromatic heterocycles. The highest BCUT2D eigenvalue weighted by Crippen LogP contribution is 2.39. The second-order valence-electron chi connectivity index (χ2n) is 7.50. The highest BCUT2D eigenvalue weighted by molar-refractivity contribution is 6.03. The van der Waals surface area contributed by atoms with Crippen molar-refractivity contribution in [1.82, 2.24) is 0 Å². The first-order valence-electron chi connectivity index (χ1n) is 10.9. The predicted octanol–water partition coefficient (Wildman–Crippen LogP) is 5.26.